The van der Waals surface area contributed by atoms with Crippen LogP contribution >= 0.6 is 0 Å². The Bertz CT molecular complexity index is 1780. The smallest absolute Gasteiger partial charge is 0.293 e. The SMILES string of the molecule is COc1ccc(CCNCCCN2C(=O)c3c(ccc4[nH]c(-c5ccc(N(C)C)c([N+](=O)[O-])c5)nc34)C(C)(C)C2=O)cc1OC. The van der Waals surface area contributed by atoms with Crippen LogP contribution in [0.15, 0.2) is 48.5 Å². The van der Waals surface area contributed by atoms with Crippen molar-refractivity contribution in [2.75, 3.05) is 52.8 Å². The maximum absolute atomic E-state index is 13.9. The van der Waals surface area contributed by atoms with E-state index >= 15 is 0 Å². The van der Waals surface area contributed by atoms with Crippen molar-refractivity contribution in [2.45, 2.75) is 32.1 Å². The molecule has 2 amide bonds. The number of imidazole rings is 1. The second-order valence-corrected chi connectivity index (χ2v) is 11.8. The van der Waals surface area contributed by atoms with Crippen LogP contribution in [0, 0.1) is 10.1 Å². The van der Waals surface area contributed by atoms with Crippen LogP contribution in [-0.2, 0) is 16.6 Å². The largest absolute Gasteiger partial charge is 0.493 e. The summed E-state index contributed by atoms with van der Waals surface area (Å²) in [5.41, 5.74) is 3.14. The van der Waals surface area contributed by atoms with Crippen molar-refractivity contribution in [3.05, 3.63) is 75.3 Å². The molecular weight excluding hydrogens is 576 g/mol. The number of anilines is 1. The van der Waals surface area contributed by atoms with Gasteiger partial charge < -0.3 is 24.7 Å². The molecule has 12 nitrogen and oxygen atoms in total. The monoisotopic (exact) mass is 614 g/mol. The van der Waals surface area contributed by atoms with Gasteiger partial charge >= 0.3 is 0 Å². The van der Waals surface area contributed by atoms with Crippen molar-refractivity contribution in [3.8, 4) is 22.9 Å². The van der Waals surface area contributed by atoms with Gasteiger partial charge in [0.25, 0.3) is 11.6 Å². The number of nitro groups is 1. The number of hydrogen-bond donors (Lipinski definition) is 2. The quantitative estimate of drug-likeness (QED) is 0.100. The van der Waals surface area contributed by atoms with Crippen LogP contribution < -0.4 is 19.7 Å². The second kappa shape index (κ2) is 12.6. The minimum atomic E-state index is -0.941. The average Bonchev–Trinajstić information content (AvgIpc) is 3.47. The number of aromatic nitrogens is 2. The van der Waals surface area contributed by atoms with E-state index in [-0.39, 0.29) is 18.1 Å². The molecule has 0 unspecified atom stereocenters. The standard InChI is InChI=1S/C33H38N6O6/c1-33(2)22-10-11-23-29(36-30(35-23)21-9-12-24(37(3)4)25(19-21)39(42)43)28(22)31(40)38(32(33)41)17-7-15-34-16-14-20-8-13-26(44-5)27(18-20)45-6/h8-13,18-19,34H,7,14-17H2,1-6H3,(H,35,36). The molecule has 1 aromatic heterocycles. The number of aromatic amines is 1. The maximum atomic E-state index is 13.9. The van der Waals surface area contributed by atoms with Crippen LogP contribution in [0.25, 0.3) is 22.4 Å². The first-order valence-electron chi connectivity index (χ1n) is 14.7. The predicted molar refractivity (Wildman–Crippen MR) is 172 cm³/mol. The number of benzene rings is 3. The molecule has 2 N–H and O–H groups in total. The van der Waals surface area contributed by atoms with E-state index in [9.17, 15) is 19.7 Å². The molecule has 0 spiro atoms. The molecule has 0 saturated carbocycles. The Morgan fingerprint density at radius 3 is 2.47 bits per heavy atom. The Kier molecular flexibility index (Phi) is 8.78. The maximum Gasteiger partial charge on any atom is 0.293 e. The van der Waals surface area contributed by atoms with Crippen molar-refractivity contribution < 1.29 is 24.0 Å². The van der Waals surface area contributed by atoms with E-state index in [1.807, 2.05) is 32.0 Å². The van der Waals surface area contributed by atoms with Gasteiger partial charge in [-0.15, -0.1) is 0 Å². The summed E-state index contributed by atoms with van der Waals surface area (Å²) in [6.07, 6.45) is 1.36. The molecule has 12 heteroatoms. The van der Waals surface area contributed by atoms with Crippen molar-refractivity contribution in [1.82, 2.24) is 20.2 Å². The van der Waals surface area contributed by atoms with Gasteiger partial charge in [-0.05, 0) is 81.2 Å². The lowest BCUT2D eigenvalue weighted by Gasteiger charge is -2.37. The number of fused-ring (bicyclic) bond motifs is 3. The fraction of sp³-hybridized carbons (Fsp3) is 0.364. The number of H-pyrrole nitrogens is 1. The van der Waals surface area contributed by atoms with Gasteiger partial charge in [-0.3, -0.25) is 24.6 Å². The van der Waals surface area contributed by atoms with Gasteiger partial charge in [-0.25, -0.2) is 4.98 Å². The predicted octanol–water partition coefficient (Wildman–Crippen LogP) is 4.70. The normalized spacial score (nSPS) is 14.0. The Balaban J connectivity index is 1.32. The lowest BCUT2D eigenvalue weighted by Crippen LogP contribution is -2.52. The van der Waals surface area contributed by atoms with Gasteiger partial charge in [0.2, 0.25) is 5.91 Å². The summed E-state index contributed by atoms with van der Waals surface area (Å²) < 4.78 is 10.7. The van der Waals surface area contributed by atoms with E-state index < -0.39 is 16.2 Å². The molecule has 1 aliphatic rings. The highest BCUT2D eigenvalue weighted by Gasteiger charge is 2.45. The molecule has 0 fully saturated rings. The third-order valence-electron chi connectivity index (χ3n) is 8.27. The Labute approximate surface area is 261 Å². The van der Waals surface area contributed by atoms with Crippen LogP contribution in [0.3, 0.4) is 0 Å². The molecule has 0 saturated heterocycles. The zero-order valence-corrected chi connectivity index (χ0v) is 26.4. The number of ether oxygens (including phenoxy) is 2. The first-order valence-corrected chi connectivity index (χ1v) is 14.7. The summed E-state index contributed by atoms with van der Waals surface area (Å²) in [7, 11) is 6.70. The van der Waals surface area contributed by atoms with Gasteiger partial charge in [-0.1, -0.05) is 12.1 Å². The van der Waals surface area contributed by atoms with Gasteiger partial charge in [0.1, 0.15) is 17.0 Å². The van der Waals surface area contributed by atoms with Gasteiger partial charge in [0.05, 0.1) is 35.6 Å². The number of nitro benzene ring substituents is 1. The summed E-state index contributed by atoms with van der Waals surface area (Å²) in [5, 5.41) is 15.2. The number of amides is 2. The number of nitrogens with one attached hydrogen (secondary N) is 2. The number of hydrogen-bond acceptors (Lipinski definition) is 9. The van der Waals surface area contributed by atoms with E-state index in [4.69, 9.17) is 14.5 Å². The number of rotatable bonds is 12. The number of imide groups is 1. The molecule has 2 heterocycles. The highest BCUT2D eigenvalue weighted by atomic mass is 16.6. The third-order valence-corrected chi connectivity index (χ3v) is 8.27. The highest BCUT2D eigenvalue weighted by molar-refractivity contribution is 6.18. The first kappa shape index (κ1) is 31.5. The molecule has 4 aromatic rings. The van der Waals surface area contributed by atoms with Crippen molar-refractivity contribution in [2.24, 2.45) is 0 Å². The first-order chi connectivity index (χ1) is 21.5. The highest BCUT2D eigenvalue weighted by Crippen LogP contribution is 2.39. The van der Waals surface area contributed by atoms with Crippen LogP contribution in [0.4, 0.5) is 11.4 Å². The van der Waals surface area contributed by atoms with E-state index in [1.54, 1.807) is 57.5 Å². The third kappa shape index (κ3) is 5.93. The van der Waals surface area contributed by atoms with Crippen LogP contribution in [0.2, 0.25) is 0 Å². The molecule has 236 valence electrons. The van der Waals surface area contributed by atoms with Crippen LogP contribution in [0.1, 0.15) is 41.8 Å². The van der Waals surface area contributed by atoms with E-state index in [0.717, 1.165) is 18.5 Å². The Morgan fingerprint density at radius 1 is 1.02 bits per heavy atom. The second-order valence-electron chi connectivity index (χ2n) is 11.8. The average molecular weight is 615 g/mol. The minimum Gasteiger partial charge on any atom is -0.493 e. The minimum absolute atomic E-state index is 0.0497. The Hall–Kier alpha value is -4.97. The number of nitrogens with zero attached hydrogens (tertiary/aromatic N) is 4. The molecule has 5 rings (SSSR count). The van der Waals surface area contributed by atoms with E-state index in [1.165, 1.54) is 11.0 Å². The molecule has 0 aliphatic carbocycles. The fourth-order valence-electron chi connectivity index (χ4n) is 5.78. The molecule has 3 aromatic carbocycles. The summed E-state index contributed by atoms with van der Waals surface area (Å²) in [4.78, 5) is 49.7. The van der Waals surface area contributed by atoms with E-state index in [2.05, 4.69) is 10.3 Å². The van der Waals surface area contributed by atoms with E-state index in [0.29, 0.717) is 63.7 Å². The molecule has 0 radical (unpaired) electrons. The molecule has 0 bridgehead atoms. The molecule has 1 aliphatic heterocycles. The Morgan fingerprint density at radius 2 is 1.78 bits per heavy atom. The number of carbonyl (C=O) groups is 2. The topological polar surface area (TPSA) is 143 Å². The number of carbonyl (C=O) groups excluding carboxylic acids is 2. The molecular formula is C33H38N6O6. The van der Waals surface area contributed by atoms with Crippen LogP contribution in [0.5, 0.6) is 11.5 Å². The van der Waals surface area contributed by atoms with Crippen LogP contribution in [-0.4, -0.2) is 79.6 Å². The lowest BCUT2D eigenvalue weighted by atomic mass is 9.76. The summed E-state index contributed by atoms with van der Waals surface area (Å²) in [6, 6.07) is 14.3. The fourth-order valence-corrected chi connectivity index (χ4v) is 5.78. The van der Waals surface area contributed by atoms with Crippen molar-refractivity contribution in [3.63, 3.8) is 0 Å². The summed E-state index contributed by atoms with van der Waals surface area (Å²) in [5.74, 6) is 1.12. The van der Waals surface area contributed by atoms with Crippen molar-refractivity contribution in [1.29, 1.82) is 0 Å². The summed E-state index contributed by atoms with van der Waals surface area (Å²) in [6.45, 7) is 5.23. The number of methoxy groups -OCH3 is 2. The van der Waals surface area contributed by atoms with Gasteiger partial charge in [0, 0.05) is 32.3 Å². The lowest BCUT2D eigenvalue weighted by molar-refractivity contribution is -0.384. The molecule has 45 heavy (non-hydrogen) atoms. The zero-order valence-electron chi connectivity index (χ0n) is 26.4. The van der Waals surface area contributed by atoms with Crippen molar-refractivity contribution >= 4 is 34.2 Å². The summed E-state index contributed by atoms with van der Waals surface area (Å²) >= 11 is 0. The van der Waals surface area contributed by atoms with Gasteiger partial charge in [0.15, 0.2) is 11.5 Å². The molecule has 0 atom stereocenters. The van der Waals surface area contributed by atoms with Gasteiger partial charge in [-0.2, -0.15) is 0 Å². The zero-order chi connectivity index (χ0) is 32.5.